The van der Waals surface area contributed by atoms with Crippen molar-refractivity contribution >= 4 is 79.7 Å². The van der Waals surface area contributed by atoms with Gasteiger partial charge in [0.2, 0.25) is 0 Å². The van der Waals surface area contributed by atoms with E-state index in [1.54, 1.807) is 13.8 Å². The quantitative estimate of drug-likeness (QED) is 0.0590. The third-order valence-corrected chi connectivity index (χ3v) is 8.49. The van der Waals surface area contributed by atoms with Crippen molar-refractivity contribution in [3.05, 3.63) is 114 Å². The molecular weight excluding hydrogens is 876 g/mol. The molecular formula is C36H40F2I2N4O6. The lowest BCUT2D eigenvalue weighted by atomic mass is 10.1. The second kappa shape index (κ2) is 19.3. The molecule has 0 aliphatic heterocycles. The maximum Gasteiger partial charge on any atom is 0.276 e. The van der Waals surface area contributed by atoms with E-state index in [0.717, 1.165) is 29.6 Å². The third-order valence-electron chi connectivity index (χ3n) is 7.15. The summed E-state index contributed by atoms with van der Waals surface area (Å²) in [5.41, 5.74) is 8.32. The van der Waals surface area contributed by atoms with E-state index in [4.69, 9.17) is 14.8 Å². The first-order chi connectivity index (χ1) is 23.7. The Morgan fingerprint density at radius 1 is 0.740 bits per heavy atom. The molecule has 2 amide bonds. The van der Waals surface area contributed by atoms with E-state index in [-0.39, 0.29) is 24.3 Å². The van der Waals surface area contributed by atoms with Gasteiger partial charge in [0, 0.05) is 18.5 Å². The molecule has 4 aromatic carbocycles. The smallest absolute Gasteiger partial charge is 0.276 e. The lowest BCUT2D eigenvalue weighted by Gasteiger charge is -2.22. The van der Waals surface area contributed by atoms with Gasteiger partial charge < -0.3 is 20.8 Å². The lowest BCUT2D eigenvalue weighted by Crippen LogP contribution is -2.38. The Bertz CT molecular complexity index is 1790. The number of halogens is 4. The van der Waals surface area contributed by atoms with Gasteiger partial charge in [-0.3, -0.25) is 19.3 Å². The van der Waals surface area contributed by atoms with Crippen LogP contribution in [0.4, 0.5) is 31.5 Å². The number of aliphatic hydroxyl groups is 2. The van der Waals surface area contributed by atoms with Crippen LogP contribution in [0.1, 0.15) is 59.0 Å². The first-order valence-electron chi connectivity index (χ1n) is 15.5. The summed E-state index contributed by atoms with van der Waals surface area (Å²) in [6.45, 7) is 8.49. The first-order valence-corrected chi connectivity index (χ1v) is 17.6. The summed E-state index contributed by atoms with van der Waals surface area (Å²) in [4.78, 5) is 35.1. The van der Waals surface area contributed by atoms with Crippen LogP contribution in [0.3, 0.4) is 0 Å². The number of hydrogen-bond donors (Lipinski definition) is 6. The SMILES string of the molecule is CCC(CO)ONC(=O)c1ccc(F)cc1Nc1ccc(I)cc1C.Cc1cc(I)ccc1Nc1cc(F)ccc1C(=O)NOC(C)(C)CO. The monoisotopic (exact) mass is 916 g/mol. The highest BCUT2D eigenvalue weighted by Gasteiger charge is 2.21. The van der Waals surface area contributed by atoms with Gasteiger partial charge in [-0.1, -0.05) is 6.92 Å². The molecule has 0 bridgehead atoms. The average molecular weight is 917 g/mol. The van der Waals surface area contributed by atoms with Gasteiger partial charge in [0.15, 0.2) is 0 Å². The first kappa shape index (κ1) is 41.0. The fraction of sp³-hybridized carbons (Fsp3) is 0.278. The van der Waals surface area contributed by atoms with Gasteiger partial charge in [0.25, 0.3) is 11.8 Å². The molecule has 0 aromatic heterocycles. The second-order valence-electron chi connectivity index (χ2n) is 11.8. The standard InChI is InChI=1S/2C18H20FIN2O3/c1-11-8-13(20)5-7-15(11)21-16-9-12(19)4-6-14(16)17(24)22-25-18(2,3)10-23;1-3-14(10-23)25-22-18(24)15-6-4-12(19)9-17(15)21-16-7-5-13(20)8-11(16)2/h4-9,21,23H,10H2,1-3H3,(H,22,24);4-9,14,21,23H,3,10H2,1-2H3,(H,22,24). The Balaban J connectivity index is 0.000000270. The zero-order valence-electron chi connectivity index (χ0n) is 28.2. The minimum absolute atomic E-state index is 0.201. The molecule has 10 nitrogen and oxygen atoms in total. The maximum atomic E-state index is 13.7. The van der Waals surface area contributed by atoms with E-state index in [9.17, 15) is 23.5 Å². The predicted octanol–water partition coefficient (Wildman–Crippen LogP) is 7.83. The van der Waals surface area contributed by atoms with Gasteiger partial charge in [0.05, 0.1) is 35.7 Å². The number of anilines is 4. The fourth-order valence-corrected chi connectivity index (χ4v) is 5.47. The number of amides is 2. The Kier molecular flexibility index (Phi) is 15.8. The minimum Gasteiger partial charge on any atom is -0.394 e. The van der Waals surface area contributed by atoms with E-state index in [2.05, 4.69) is 66.8 Å². The van der Waals surface area contributed by atoms with Gasteiger partial charge in [0.1, 0.15) is 23.3 Å². The van der Waals surface area contributed by atoms with Crippen molar-refractivity contribution in [2.45, 2.75) is 52.7 Å². The summed E-state index contributed by atoms with van der Waals surface area (Å²) in [6, 6.07) is 19.2. The lowest BCUT2D eigenvalue weighted by molar-refractivity contribution is -0.0956. The number of benzene rings is 4. The second-order valence-corrected chi connectivity index (χ2v) is 14.3. The number of rotatable bonds is 13. The van der Waals surface area contributed by atoms with Crippen molar-refractivity contribution in [3.8, 4) is 0 Å². The number of carbonyl (C=O) groups is 2. The summed E-state index contributed by atoms with van der Waals surface area (Å²) >= 11 is 4.42. The Labute approximate surface area is 317 Å². The number of nitrogens with one attached hydrogen (secondary N) is 4. The van der Waals surface area contributed by atoms with E-state index in [0.29, 0.717) is 17.8 Å². The molecule has 0 spiro atoms. The van der Waals surface area contributed by atoms with Gasteiger partial charge in [-0.25, -0.2) is 19.7 Å². The average Bonchev–Trinajstić information content (AvgIpc) is 3.07. The number of carbonyl (C=O) groups excluding carboxylic acids is 2. The van der Waals surface area contributed by atoms with Crippen molar-refractivity contribution in [3.63, 3.8) is 0 Å². The number of aliphatic hydroxyl groups excluding tert-OH is 2. The van der Waals surface area contributed by atoms with Crippen molar-refractivity contribution in [1.29, 1.82) is 0 Å². The Morgan fingerprint density at radius 2 is 1.20 bits per heavy atom. The molecule has 0 aliphatic carbocycles. The highest BCUT2D eigenvalue weighted by atomic mass is 127. The molecule has 0 aliphatic rings. The van der Waals surface area contributed by atoms with E-state index in [1.807, 2.05) is 57.2 Å². The molecule has 268 valence electrons. The molecule has 0 radical (unpaired) electrons. The summed E-state index contributed by atoms with van der Waals surface area (Å²) in [6.07, 6.45) is 0.0620. The number of aryl methyl sites for hydroxylation is 2. The zero-order valence-corrected chi connectivity index (χ0v) is 32.5. The molecule has 50 heavy (non-hydrogen) atoms. The van der Waals surface area contributed by atoms with Crippen molar-refractivity contribution in [1.82, 2.24) is 11.0 Å². The fourth-order valence-electron chi connectivity index (χ4n) is 4.17. The minimum atomic E-state index is -0.921. The Hall–Kier alpha value is -3.42. The van der Waals surface area contributed by atoms with Gasteiger partial charge in [-0.15, -0.1) is 0 Å². The number of hydrogen-bond acceptors (Lipinski definition) is 8. The van der Waals surface area contributed by atoms with Crippen LogP contribution in [0.5, 0.6) is 0 Å². The summed E-state index contributed by atoms with van der Waals surface area (Å²) in [7, 11) is 0. The van der Waals surface area contributed by atoms with Crippen molar-refractivity contribution < 1.29 is 38.3 Å². The summed E-state index contributed by atoms with van der Waals surface area (Å²) < 4.78 is 29.5. The van der Waals surface area contributed by atoms with E-state index >= 15 is 0 Å². The van der Waals surface area contributed by atoms with Crippen LogP contribution < -0.4 is 21.6 Å². The third kappa shape index (κ3) is 12.4. The zero-order chi connectivity index (χ0) is 37.0. The van der Waals surface area contributed by atoms with Crippen molar-refractivity contribution in [2.24, 2.45) is 0 Å². The molecule has 1 atom stereocenters. The summed E-state index contributed by atoms with van der Waals surface area (Å²) in [5.74, 6) is -1.96. The van der Waals surface area contributed by atoms with Crippen molar-refractivity contribution in [2.75, 3.05) is 23.8 Å². The molecule has 4 rings (SSSR count). The molecule has 0 saturated heterocycles. The molecule has 0 heterocycles. The Morgan fingerprint density at radius 3 is 1.60 bits per heavy atom. The van der Waals surface area contributed by atoms with Crippen LogP contribution in [0, 0.1) is 32.6 Å². The maximum absolute atomic E-state index is 13.7. The van der Waals surface area contributed by atoms with E-state index in [1.165, 1.54) is 36.4 Å². The van der Waals surface area contributed by atoms with Crippen LogP contribution in [-0.2, 0) is 9.68 Å². The molecule has 4 aromatic rings. The number of hydroxylamine groups is 2. The summed E-state index contributed by atoms with van der Waals surface area (Å²) in [5, 5.41) is 24.5. The normalized spacial score (nSPS) is 11.6. The van der Waals surface area contributed by atoms with Crippen LogP contribution in [0.15, 0.2) is 72.8 Å². The molecule has 14 heteroatoms. The van der Waals surface area contributed by atoms with Gasteiger partial charge in [-0.2, -0.15) is 0 Å². The van der Waals surface area contributed by atoms with Crippen LogP contribution >= 0.6 is 45.2 Å². The van der Waals surface area contributed by atoms with Crippen LogP contribution in [-0.4, -0.2) is 46.9 Å². The highest BCUT2D eigenvalue weighted by molar-refractivity contribution is 14.1. The van der Waals surface area contributed by atoms with Gasteiger partial charge >= 0.3 is 0 Å². The largest absolute Gasteiger partial charge is 0.394 e. The topological polar surface area (TPSA) is 141 Å². The van der Waals surface area contributed by atoms with Crippen LogP contribution in [0.25, 0.3) is 0 Å². The highest BCUT2D eigenvalue weighted by Crippen LogP contribution is 2.27. The predicted molar refractivity (Wildman–Crippen MR) is 207 cm³/mol. The molecule has 6 N–H and O–H groups in total. The molecule has 1 unspecified atom stereocenters. The molecule has 0 fully saturated rings. The molecule has 0 saturated carbocycles. The van der Waals surface area contributed by atoms with Gasteiger partial charge in [-0.05, 0) is 163 Å². The van der Waals surface area contributed by atoms with Crippen LogP contribution in [0.2, 0.25) is 0 Å². The van der Waals surface area contributed by atoms with E-state index < -0.39 is 35.2 Å².